The molecule has 0 aliphatic carbocycles. The van der Waals surface area contributed by atoms with E-state index in [1.54, 1.807) is 18.2 Å². The summed E-state index contributed by atoms with van der Waals surface area (Å²) in [5.74, 6) is -0.345. The Morgan fingerprint density at radius 2 is 1.61 bits per heavy atom. The van der Waals surface area contributed by atoms with Gasteiger partial charge in [-0.3, -0.25) is 9.10 Å². The lowest BCUT2D eigenvalue weighted by molar-refractivity contribution is -0.120. The molecule has 1 amide bonds. The van der Waals surface area contributed by atoms with E-state index in [1.807, 2.05) is 70.2 Å². The largest absolute Gasteiger partial charge is 0.348 e. The second-order valence-corrected chi connectivity index (χ2v) is 10.0. The number of anilines is 1. The summed E-state index contributed by atoms with van der Waals surface area (Å²) in [6, 6.07) is 18.4. The quantitative estimate of drug-likeness (QED) is 0.649. The molecule has 6 heteroatoms. The van der Waals surface area contributed by atoms with Gasteiger partial charge in [0.05, 0.1) is 16.6 Å². The molecule has 1 atom stereocenters. The number of carbonyl (C=O) groups is 1. The maximum atomic E-state index is 13.4. The van der Waals surface area contributed by atoms with Gasteiger partial charge in [-0.05, 0) is 57.0 Å². The zero-order chi connectivity index (χ0) is 22.3. The molecule has 3 aromatic carbocycles. The Balaban J connectivity index is 1.67. The van der Waals surface area contributed by atoms with Crippen molar-refractivity contribution in [3.05, 3.63) is 82.9 Å². The summed E-state index contributed by atoms with van der Waals surface area (Å²) in [5, 5.41) is 2.97. The lowest BCUT2D eigenvalue weighted by atomic mass is 10.00. The molecular weight excluding hydrogens is 408 g/mol. The number of sulfonamides is 1. The van der Waals surface area contributed by atoms with E-state index in [0.717, 1.165) is 27.8 Å². The summed E-state index contributed by atoms with van der Waals surface area (Å²) in [6.45, 7) is 7.62. The van der Waals surface area contributed by atoms with Gasteiger partial charge in [0.1, 0.15) is 6.54 Å². The molecular formula is C25H26N2O3S. The van der Waals surface area contributed by atoms with Crippen molar-refractivity contribution in [3.63, 3.8) is 0 Å². The molecule has 160 valence electrons. The maximum Gasteiger partial charge on any atom is 0.265 e. The number of rotatable bonds is 4. The van der Waals surface area contributed by atoms with Crippen molar-refractivity contribution >= 4 is 21.6 Å². The van der Waals surface area contributed by atoms with E-state index >= 15 is 0 Å². The van der Waals surface area contributed by atoms with Crippen molar-refractivity contribution in [1.82, 2.24) is 5.32 Å². The van der Waals surface area contributed by atoms with E-state index in [-0.39, 0.29) is 23.4 Å². The number of aryl methyl sites for hydroxylation is 3. The second kappa shape index (κ2) is 7.85. The van der Waals surface area contributed by atoms with Crippen LogP contribution in [0.4, 0.5) is 5.69 Å². The smallest absolute Gasteiger partial charge is 0.265 e. The van der Waals surface area contributed by atoms with Gasteiger partial charge in [-0.1, -0.05) is 53.6 Å². The minimum atomic E-state index is -3.85. The van der Waals surface area contributed by atoms with Crippen LogP contribution in [0.15, 0.2) is 65.6 Å². The highest BCUT2D eigenvalue weighted by Gasteiger charge is 2.36. The first-order valence-corrected chi connectivity index (χ1v) is 11.7. The van der Waals surface area contributed by atoms with Crippen LogP contribution in [0.1, 0.15) is 35.2 Å². The Kier molecular flexibility index (Phi) is 5.35. The van der Waals surface area contributed by atoms with Crippen molar-refractivity contribution < 1.29 is 13.2 Å². The van der Waals surface area contributed by atoms with Crippen molar-refractivity contribution in [2.45, 2.75) is 38.6 Å². The fourth-order valence-corrected chi connectivity index (χ4v) is 5.79. The van der Waals surface area contributed by atoms with Crippen LogP contribution in [0.3, 0.4) is 0 Å². The Morgan fingerprint density at radius 3 is 2.39 bits per heavy atom. The van der Waals surface area contributed by atoms with Crippen LogP contribution in [-0.4, -0.2) is 20.9 Å². The van der Waals surface area contributed by atoms with Gasteiger partial charge in [0, 0.05) is 11.1 Å². The predicted octanol–water partition coefficient (Wildman–Crippen LogP) is 4.66. The molecule has 0 spiro atoms. The summed E-state index contributed by atoms with van der Waals surface area (Å²) >= 11 is 0. The van der Waals surface area contributed by atoms with E-state index < -0.39 is 10.0 Å². The maximum absolute atomic E-state index is 13.4. The summed E-state index contributed by atoms with van der Waals surface area (Å²) in [4.78, 5) is 13.2. The van der Waals surface area contributed by atoms with Gasteiger partial charge in [-0.2, -0.15) is 0 Å². The van der Waals surface area contributed by atoms with Gasteiger partial charge in [-0.25, -0.2) is 8.42 Å². The molecule has 0 saturated carbocycles. The van der Waals surface area contributed by atoms with Crippen molar-refractivity contribution in [2.24, 2.45) is 0 Å². The molecule has 0 saturated heterocycles. The average Bonchev–Trinajstić information content (AvgIpc) is 2.73. The highest BCUT2D eigenvalue weighted by atomic mass is 32.2. The molecule has 1 heterocycles. The number of nitrogens with one attached hydrogen (secondary N) is 1. The Hall–Kier alpha value is -3.12. The van der Waals surface area contributed by atoms with Crippen LogP contribution in [-0.2, 0) is 14.8 Å². The zero-order valence-corrected chi connectivity index (χ0v) is 19.0. The van der Waals surface area contributed by atoms with Crippen molar-refractivity contribution in [3.8, 4) is 11.1 Å². The topological polar surface area (TPSA) is 66.5 Å². The van der Waals surface area contributed by atoms with Crippen LogP contribution in [0.25, 0.3) is 11.1 Å². The number of benzene rings is 3. The second-order valence-electron chi connectivity index (χ2n) is 8.18. The monoisotopic (exact) mass is 434 g/mol. The first-order chi connectivity index (χ1) is 14.7. The third-order valence-electron chi connectivity index (χ3n) is 5.73. The SMILES string of the molecule is Cc1ccc2c(c1)-c1ccccc1S(=O)(=O)N2CC(=O)N[C@H](C)c1cc(C)ccc1C. The molecule has 31 heavy (non-hydrogen) atoms. The van der Waals surface area contributed by atoms with E-state index in [4.69, 9.17) is 0 Å². The Morgan fingerprint density at radius 1 is 0.935 bits per heavy atom. The third kappa shape index (κ3) is 3.83. The summed E-state index contributed by atoms with van der Waals surface area (Å²) in [7, 11) is -3.85. The van der Waals surface area contributed by atoms with Gasteiger partial charge in [-0.15, -0.1) is 0 Å². The van der Waals surface area contributed by atoms with Crippen molar-refractivity contribution in [1.29, 1.82) is 0 Å². The number of amides is 1. The van der Waals surface area contributed by atoms with Gasteiger partial charge in [0.25, 0.3) is 10.0 Å². The minimum absolute atomic E-state index is 0.225. The van der Waals surface area contributed by atoms with Crippen LogP contribution in [0.2, 0.25) is 0 Å². The minimum Gasteiger partial charge on any atom is -0.348 e. The summed E-state index contributed by atoms with van der Waals surface area (Å²) < 4.78 is 28.0. The Bertz CT molecular complexity index is 1280. The summed E-state index contributed by atoms with van der Waals surface area (Å²) in [5.41, 5.74) is 6.26. The first kappa shape index (κ1) is 21.1. The fraction of sp³-hybridized carbons (Fsp3) is 0.240. The molecule has 1 aliphatic heterocycles. The average molecular weight is 435 g/mol. The fourth-order valence-electron chi connectivity index (χ4n) is 4.14. The van der Waals surface area contributed by atoms with E-state index in [9.17, 15) is 13.2 Å². The lowest BCUT2D eigenvalue weighted by Gasteiger charge is -2.32. The molecule has 1 N–H and O–H groups in total. The molecule has 0 unspecified atom stereocenters. The van der Waals surface area contributed by atoms with E-state index in [1.165, 1.54) is 4.31 Å². The molecule has 0 aromatic heterocycles. The molecule has 4 rings (SSSR count). The molecule has 0 fully saturated rings. The van der Waals surface area contributed by atoms with Crippen LogP contribution in [0.5, 0.6) is 0 Å². The lowest BCUT2D eigenvalue weighted by Crippen LogP contribution is -2.43. The third-order valence-corrected chi connectivity index (χ3v) is 7.55. The molecule has 0 bridgehead atoms. The number of hydrogen-bond acceptors (Lipinski definition) is 3. The van der Waals surface area contributed by atoms with Gasteiger partial charge < -0.3 is 5.32 Å². The molecule has 0 radical (unpaired) electrons. The van der Waals surface area contributed by atoms with Gasteiger partial charge >= 0.3 is 0 Å². The van der Waals surface area contributed by atoms with E-state index in [0.29, 0.717) is 11.3 Å². The van der Waals surface area contributed by atoms with Crippen molar-refractivity contribution in [2.75, 3.05) is 10.8 Å². The molecule has 3 aromatic rings. The number of nitrogens with zero attached hydrogens (tertiary/aromatic N) is 1. The number of hydrogen-bond donors (Lipinski definition) is 1. The normalized spacial score (nSPS) is 15.0. The van der Waals surface area contributed by atoms with Crippen LogP contribution >= 0.6 is 0 Å². The predicted molar refractivity (Wildman–Crippen MR) is 124 cm³/mol. The number of fused-ring (bicyclic) bond motifs is 3. The van der Waals surface area contributed by atoms with E-state index in [2.05, 4.69) is 5.32 Å². The standard InChI is InChI=1S/C25H26N2O3S/c1-16-9-11-18(3)21(13-16)19(4)26-25(28)15-27-23-12-10-17(2)14-22(23)20-7-5-6-8-24(20)31(27,29)30/h5-14,19H,15H2,1-4H3,(H,26,28)/t19-/m1/s1. The molecule has 5 nitrogen and oxygen atoms in total. The number of carbonyl (C=O) groups excluding carboxylic acids is 1. The highest BCUT2D eigenvalue weighted by Crippen LogP contribution is 2.43. The van der Waals surface area contributed by atoms with Gasteiger partial charge in [0.15, 0.2) is 0 Å². The summed E-state index contributed by atoms with van der Waals surface area (Å²) in [6.07, 6.45) is 0. The highest BCUT2D eigenvalue weighted by molar-refractivity contribution is 7.93. The first-order valence-electron chi connectivity index (χ1n) is 10.3. The Labute approximate surface area is 183 Å². The molecule has 1 aliphatic rings. The van der Waals surface area contributed by atoms with Gasteiger partial charge in [0.2, 0.25) is 5.91 Å². The van der Waals surface area contributed by atoms with Crippen LogP contribution in [0, 0.1) is 20.8 Å². The van der Waals surface area contributed by atoms with Crippen LogP contribution < -0.4 is 9.62 Å². The zero-order valence-electron chi connectivity index (χ0n) is 18.1.